The molecule has 0 radical (unpaired) electrons. The molecular weight excluding hydrogens is 420 g/mol. The van der Waals surface area contributed by atoms with Gasteiger partial charge in [-0.05, 0) is 24.8 Å². The molecule has 4 rings (SSSR count). The lowest BCUT2D eigenvalue weighted by Gasteiger charge is -2.34. The van der Waals surface area contributed by atoms with E-state index < -0.39 is 6.61 Å². The molecule has 1 N–H and O–H groups in total. The van der Waals surface area contributed by atoms with Gasteiger partial charge in [0.05, 0.1) is 23.3 Å². The van der Waals surface area contributed by atoms with E-state index in [-0.39, 0.29) is 11.7 Å². The number of aliphatic hydroxyl groups excluding tert-OH is 1. The van der Waals surface area contributed by atoms with Crippen molar-refractivity contribution in [3.8, 4) is 0 Å². The molecule has 0 bridgehead atoms. The van der Waals surface area contributed by atoms with E-state index in [0.717, 1.165) is 42.5 Å². The molecule has 1 saturated heterocycles. The number of aliphatic hydroxyl groups is 1. The third-order valence-corrected chi connectivity index (χ3v) is 6.31. The molecule has 2 aromatic heterocycles. The normalized spacial score (nSPS) is 14.6. The quantitative estimate of drug-likeness (QED) is 0.525. The number of Topliss-reactive ketones (excluding diaryl/α,β-unsaturated/α-hetero) is 1. The van der Waals surface area contributed by atoms with E-state index in [9.17, 15) is 9.59 Å². The summed E-state index contributed by atoms with van der Waals surface area (Å²) in [5, 5.41) is 14.7. The van der Waals surface area contributed by atoms with Gasteiger partial charge in [0.25, 0.3) is 0 Å². The van der Waals surface area contributed by atoms with Crippen LogP contribution in [0, 0.1) is 5.92 Å². The predicted octanol–water partition coefficient (Wildman–Crippen LogP) is 2.19. The Kier molecular flexibility index (Phi) is 6.98. The molecular formula is C24H30N6O3. The molecule has 0 aliphatic carbocycles. The van der Waals surface area contributed by atoms with E-state index in [4.69, 9.17) is 5.11 Å². The summed E-state index contributed by atoms with van der Waals surface area (Å²) in [7, 11) is 1.93. The minimum absolute atomic E-state index is 0.139. The fraction of sp³-hybridized carbons (Fsp3) is 0.458. The van der Waals surface area contributed by atoms with Gasteiger partial charge in [-0.1, -0.05) is 25.1 Å². The van der Waals surface area contributed by atoms with E-state index >= 15 is 0 Å². The van der Waals surface area contributed by atoms with E-state index in [1.807, 2.05) is 41.8 Å². The number of aryl methyl sites for hydroxylation is 1. The van der Waals surface area contributed by atoms with Gasteiger partial charge in [0.1, 0.15) is 6.61 Å². The van der Waals surface area contributed by atoms with Crippen LogP contribution in [0.4, 0.5) is 5.95 Å². The van der Waals surface area contributed by atoms with E-state index in [1.165, 1.54) is 12.4 Å². The van der Waals surface area contributed by atoms with Crippen molar-refractivity contribution < 1.29 is 14.7 Å². The number of piperidine rings is 1. The number of hydrogen-bond acceptors (Lipinski definition) is 7. The number of fused-ring (bicyclic) bond motifs is 1. The van der Waals surface area contributed by atoms with Crippen LogP contribution >= 0.6 is 0 Å². The lowest BCUT2D eigenvalue weighted by atomic mass is 9.96. The third-order valence-electron chi connectivity index (χ3n) is 6.31. The summed E-state index contributed by atoms with van der Waals surface area (Å²) >= 11 is 0. The highest BCUT2D eigenvalue weighted by molar-refractivity contribution is 5.96. The molecule has 3 heterocycles. The number of rotatable bonds is 8. The Balaban J connectivity index is 1.39. The Morgan fingerprint density at radius 1 is 1.15 bits per heavy atom. The van der Waals surface area contributed by atoms with Gasteiger partial charge in [-0.2, -0.15) is 5.10 Å². The van der Waals surface area contributed by atoms with Gasteiger partial charge in [0, 0.05) is 50.9 Å². The number of anilines is 1. The summed E-state index contributed by atoms with van der Waals surface area (Å²) in [6, 6.07) is 8.10. The van der Waals surface area contributed by atoms with Crippen molar-refractivity contribution in [3.05, 3.63) is 47.9 Å². The fourth-order valence-electron chi connectivity index (χ4n) is 4.41. The second-order valence-electron chi connectivity index (χ2n) is 8.50. The summed E-state index contributed by atoms with van der Waals surface area (Å²) < 4.78 is 1.87. The van der Waals surface area contributed by atoms with Gasteiger partial charge >= 0.3 is 0 Å². The molecule has 1 aliphatic heterocycles. The molecule has 3 aromatic rings. The average molecular weight is 451 g/mol. The first-order valence-corrected chi connectivity index (χ1v) is 11.4. The molecule has 0 atom stereocenters. The van der Waals surface area contributed by atoms with Crippen LogP contribution < -0.4 is 4.90 Å². The molecule has 9 heteroatoms. The van der Waals surface area contributed by atoms with Gasteiger partial charge in [0.15, 0.2) is 5.78 Å². The van der Waals surface area contributed by atoms with Crippen molar-refractivity contribution in [2.75, 3.05) is 31.1 Å². The van der Waals surface area contributed by atoms with E-state index in [1.54, 1.807) is 0 Å². The first-order chi connectivity index (χ1) is 16.0. The molecule has 0 unspecified atom stereocenters. The van der Waals surface area contributed by atoms with E-state index in [2.05, 4.69) is 26.0 Å². The molecule has 0 saturated carbocycles. The topological polar surface area (TPSA) is 104 Å². The van der Waals surface area contributed by atoms with Crippen LogP contribution in [0.1, 0.15) is 42.2 Å². The Labute approximate surface area is 193 Å². The first-order valence-electron chi connectivity index (χ1n) is 11.4. The second-order valence-corrected chi connectivity index (χ2v) is 8.50. The largest absolute Gasteiger partial charge is 0.388 e. The number of carbonyl (C=O) groups is 2. The standard InChI is InChI=1S/C24H30N6O3/c1-3-23(33)30(15-20-19-6-4-5-7-21(19)28(2)27-20)14-17-8-10-29(11-9-17)24-25-12-18(13-26-24)22(32)16-31/h4-7,12-13,17,31H,3,8-11,14-16H2,1-2H3. The van der Waals surface area contributed by atoms with Crippen LogP contribution in [0.25, 0.3) is 10.9 Å². The smallest absolute Gasteiger partial charge is 0.225 e. The number of nitrogens with zero attached hydrogens (tertiary/aromatic N) is 6. The Morgan fingerprint density at radius 2 is 1.85 bits per heavy atom. The molecule has 0 spiro atoms. The summed E-state index contributed by atoms with van der Waals surface area (Å²) in [6.45, 7) is 4.15. The maximum absolute atomic E-state index is 12.7. The minimum Gasteiger partial charge on any atom is -0.388 e. The van der Waals surface area contributed by atoms with Crippen molar-refractivity contribution in [3.63, 3.8) is 0 Å². The first kappa shape index (κ1) is 22.8. The summed E-state index contributed by atoms with van der Waals surface area (Å²) in [5.41, 5.74) is 2.31. The van der Waals surface area contributed by atoms with Crippen LogP contribution in [0.15, 0.2) is 36.7 Å². The highest BCUT2D eigenvalue weighted by Gasteiger charge is 2.25. The summed E-state index contributed by atoms with van der Waals surface area (Å²) in [6.07, 6.45) is 5.25. The summed E-state index contributed by atoms with van der Waals surface area (Å²) in [4.78, 5) is 36.9. The van der Waals surface area contributed by atoms with Crippen LogP contribution in [0.2, 0.25) is 0 Å². The van der Waals surface area contributed by atoms with Gasteiger partial charge in [-0.25, -0.2) is 9.97 Å². The van der Waals surface area contributed by atoms with Crippen molar-refractivity contribution in [2.24, 2.45) is 13.0 Å². The molecule has 1 aromatic carbocycles. The van der Waals surface area contributed by atoms with Gasteiger partial charge in [0.2, 0.25) is 11.9 Å². The van der Waals surface area contributed by atoms with Crippen LogP contribution in [-0.2, 0) is 18.4 Å². The highest BCUT2D eigenvalue weighted by Crippen LogP contribution is 2.24. The SMILES string of the molecule is CCC(=O)N(Cc1nn(C)c2ccccc12)CC1CCN(c2ncc(C(=O)CO)cn2)CC1. The Bertz CT molecular complexity index is 1120. The third kappa shape index (κ3) is 5.03. The molecule has 1 fully saturated rings. The van der Waals surface area contributed by atoms with Crippen molar-refractivity contribution >= 4 is 28.5 Å². The Morgan fingerprint density at radius 3 is 2.52 bits per heavy atom. The van der Waals surface area contributed by atoms with Crippen LogP contribution in [0.5, 0.6) is 0 Å². The molecule has 1 amide bonds. The molecule has 9 nitrogen and oxygen atoms in total. The average Bonchev–Trinajstić information content (AvgIpc) is 3.18. The lowest BCUT2D eigenvalue weighted by Crippen LogP contribution is -2.41. The van der Waals surface area contributed by atoms with E-state index in [0.29, 0.717) is 36.9 Å². The number of aromatic nitrogens is 4. The van der Waals surface area contributed by atoms with Crippen LogP contribution in [0.3, 0.4) is 0 Å². The highest BCUT2D eigenvalue weighted by atomic mass is 16.3. The number of para-hydroxylation sites is 1. The number of hydrogen-bond donors (Lipinski definition) is 1. The number of benzene rings is 1. The zero-order valence-corrected chi connectivity index (χ0v) is 19.1. The zero-order chi connectivity index (χ0) is 23.4. The number of amides is 1. The monoisotopic (exact) mass is 450 g/mol. The number of carbonyl (C=O) groups excluding carboxylic acids is 2. The maximum atomic E-state index is 12.7. The van der Waals surface area contributed by atoms with Crippen molar-refractivity contribution in [1.29, 1.82) is 0 Å². The number of ketones is 1. The molecule has 174 valence electrons. The molecule has 1 aliphatic rings. The fourth-order valence-corrected chi connectivity index (χ4v) is 4.41. The predicted molar refractivity (Wildman–Crippen MR) is 125 cm³/mol. The second kappa shape index (κ2) is 10.1. The minimum atomic E-state index is -0.546. The zero-order valence-electron chi connectivity index (χ0n) is 19.1. The van der Waals surface area contributed by atoms with Gasteiger partial charge in [-0.3, -0.25) is 14.3 Å². The maximum Gasteiger partial charge on any atom is 0.225 e. The van der Waals surface area contributed by atoms with Gasteiger partial charge < -0.3 is 14.9 Å². The van der Waals surface area contributed by atoms with Crippen LogP contribution in [-0.4, -0.2) is 67.7 Å². The van der Waals surface area contributed by atoms with Gasteiger partial charge in [-0.15, -0.1) is 0 Å². The van der Waals surface area contributed by atoms with Crippen molar-refractivity contribution in [2.45, 2.75) is 32.7 Å². The Hall–Kier alpha value is -3.33. The molecule has 33 heavy (non-hydrogen) atoms. The van der Waals surface area contributed by atoms with Crippen molar-refractivity contribution in [1.82, 2.24) is 24.6 Å². The summed E-state index contributed by atoms with van der Waals surface area (Å²) in [5.74, 6) is 0.729. The lowest BCUT2D eigenvalue weighted by molar-refractivity contribution is -0.132.